The summed E-state index contributed by atoms with van der Waals surface area (Å²) in [6.45, 7) is 5.75. The molecule has 0 unspecified atom stereocenters. The number of nitrogens with two attached hydrogens (primary N) is 2. The second kappa shape index (κ2) is 9.88. The second-order valence-corrected chi connectivity index (χ2v) is 5.38. The third kappa shape index (κ3) is 5.11. The number of benzene rings is 2. The molecule has 2 aromatic carbocycles. The SMILES string of the molecule is C=CCc1ccc(O)c(OC)c1CC.NC(=O)c1ccccc1C(N)=O. The molecule has 0 aliphatic carbocycles. The van der Waals surface area contributed by atoms with Crippen LogP contribution in [0, 0.1) is 0 Å². The first-order valence-electron chi connectivity index (χ1n) is 8.04. The van der Waals surface area contributed by atoms with Crippen LogP contribution in [0.5, 0.6) is 11.5 Å². The third-order valence-electron chi connectivity index (χ3n) is 3.72. The fourth-order valence-corrected chi connectivity index (χ4v) is 2.53. The molecule has 0 radical (unpaired) electrons. The van der Waals surface area contributed by atoms with Gasteiger partial charge in [0, 0.05) is 5.56 Å². The first-order valence-corrected chi connectivity index (χ1v) is 8.04. The van der Waals surface area contributed by atoms with Crippen LogP contribution < -0.4 is 16.2 Å². The Bertz CT molecular complexity index is 767. The van der Waals surface area contributed by atoms with Gasteiger partial charge in [0.05, 0.1) is 18.2 Å². The molecule has 0 heterocycles. The van der Waals surface area contributed by atoms with Crippen LogP contribution in [-0.4, -0.2) is 24.0 Å². The van der Waals surface area contributed by atoms with Gasteiger partial charge in [0.2, 0.25) is 11.8 Å². The Labute approximate surface area is 153 Å². The number of hydrogen-bond donors (Lipinski definition) is 3. The number of aromatic hydroxyl groups is 1. The number of carbonyl (C=O) groups is 2. The van der Waals surface area contributed by atoms with E-state index in [-0.39, 0.29) is 16.9 Å². The van der Waals surface area contributed by atoms with Gasteiger partial charge in [-0.1, -0.05) is 31.2 Å². The summed E-state index contributed by atoms with van der Waals surface area (Å²) in [7, 11) is 1.58. The van der Waals surface area contributed by atoms with Crippen LogP contribution in [0.3, 0.4) is 0 Å². The lowest BCUT2D eigenvalue weighted by molar-refractivity contribution is 0.0967. The van der Waals surface area contributed by atoms with Gasteiger partial charge >= 0.3 is 0 Å². The molecule has 138 valence electrons. The molecule has 0 aliphatic heterocycles. The number of phenols is 1. The quantitative estimate of drug-likeness (QED) is 0.690. The Morgan fingerprint density at radius 3 is 2.04 bits per heavy atom. The van der Waals surface area contributed by atoms with Gasteiger partial charge in [-0.05, 0) is 36.6 Å². The number of phenolic OH excluding ortho intramolecular Hbond substituents is 1. The van der Waals surface area contributed by atoms with Gasteiger partial charge in [0.25, 0.3) is 0 Å². The fraction of sp³-hybridized carbons (Fsp3) is 0.200. The molecule has 2 rings (SSSR count). The van der Waals surface area contributed by atoms with Crippen LogP contribution in [0.1, 0.15) is 38.8 Å². The molecular weight excluding hydrogens is 332 g/mol. The number of rotatable bonds is 6. The molecule has 0 atom stereocenters. The summed E-state index contributed by atoms with van der Waals surface area (Å²) in [4.78, 5) is 21.5. The number of carbonyl (C=O) groups excluding carboxylic acids is 2. The van der Waals surface area contributed by atoms with Gasteiger partial charge in [-0.3, -0.25) is 9.59 Å². The Morgan fingerprint density at radius 1 is 1.12 bits per heavy atom. The van der Waals surface area contributed by atoms with Gasteiger partial charge in [-0.2, -0.15) is 0 Å². The van der Waals surface area contributed by atoms with Crippen LogP contribution in [-0.2, 0) is 12.8 Å². The molecule has 0 aromatic heterocycles. The highest BCUT2D eigenvalue weighted by Crippen LogP contribution is 2.33. The lowest BCUT2D eigenvalue weighted by Crippen LogP contribution is -2.20. The average molecular weight is 356 g/mol. The number of primary amides is 2. The van der Waals surface area contributed by atoms with Gasteiger partial charge in [-0.15, -0.1) is 6.58 Å². The van der Waals surface area contributed by atoms with Crippen molar-refractivity contribution < 1.29 is 19.4 Å². The second-order valence-electron chi connectivity index (χ2n) is 5.38. The van der Waals surface area contributed by atoms with E-state index in [1.807, 2.05) is 19.1 Å². The van der Waals surface area contributed by atoms with Crippen LogP contribution in [0.4, 0.5) is 0 Å². The van der Waals surface area contributed by atoms with Crippen molar-refractivity contribution in [2.45, 2.75) is 19.8 Å². The van der Waals surface area contributed by atoms with Crippen LogP contribution >= 0.6 is 0 Å². The number of amides is 2. The van der Waals surface area contributed by atoms with E-state index < -0.39 is 11.8 Å². The minimum atomic E-state index is -0.649. The number of ether oxygens (including phenoxy) is 1. The van der Waals surface area contributed by atoms with Crippen molar-refractivity contribution >= 4 is 11.8 Å². The van der Waals surface area contributed by atoms with Crippen molar-refractivity contribution in [3.63, 3.8) is 0 Å². The molecule has 6 heteroatoms. The zero-order valence-corrected chi connectivity index (χ0v) is 15.0. The van der Waals surface area contributed by atoms with E-state index in [4.69, 9.17) is 16.2 Å². The van der Waals surface area contributed by atoms with Crippen molar-refractivity contribution in [2.75, 3.05) is 7.11 Å². The fourth-order valence-electron chi connectivity index (χ4n) is 2.53. The standard InChI is InChI=1S/C12H16O2.C8H8N2O2/c1-4-6-9-7-8-11(13)12(14-3)10(9)5-2;9-7(11)5-3-1-2-4-6(5)8(10)12/h4,7-8,13H,1,5-6H2,2-3H3;1-4H,(H2,9,11)(H2,10,12). The van der Waals surface area contributed by atoms with Crippen LogP contribution in [0.25, 0.3) is 0 Å². The summed E-state index contributed by atoms with van der Waals surface area (Å²) in [5.74, 6) is -0.502. The topological polar surface area (TPSA) is 116 Å². The molecule has 0 fully saturated rings. The van der Waals surface area contributed by atoms with Crippen molar-refractivity contribution in [1.82, 2.24) is 0 Å². The normalized spacial score (nSPS) is 9.62. The lowest BCUT2D eigenvalue weighted by atomic mass is 10.0. The molecule has 0 saturated heterocycles. The zero-order valence-electron chi connectivity index (χ0n) is 15.0. The first kappa shape index (κ1) is 20.8. The Hall–Kier alpha value is -3.28. The molecule has 0 spiro atoms. The monoisotopic (exact) mass is 356 g/mol. The van der Waals surface area contributed by atoms with Crippen molar-refractivity contribution in [3.05, 3.63) is 71.3 Å². The van der Waals surface area contributed by atoms with E-state index >= 15 is 0 Å². The molecule has 26 heavy (non-hydrogen) atoms. The predicted octanol–water partition coefficient (Wildman–Crippen LogP) is 2.58. The Morgan fingerprint density at radius 2 is 1.65 bits per heavy atom. The van der Waals surface area contributed by atoms with Gasteiger partial charge in [0.15, 0.2) is 11.5 Å². The summed E-state index contributed by atoms with van der Waals surface area (Å²) in [5, 5.41) is 9.56. The summed E-state index contributed by atoms with van der Waals surface area (Å²) in [6.07, 6.45) is 3.51. The minimum absolute atomic E-state index is 0.157. The van der Waals surface area contributed by atoms with E-state index in [0.29, 0.717) is 5.75 Å². The van der Waals surface area contributed by atoms with E-state index in [1.165, 1.54) is 12.1 Å². The third-order valence-corrected chi connectivity index (χ3v) is 3.72. The first-order chi connectivity index (χ1) is 12.4. The molecular formula is C20H24N2O4. The Kier molecular flexibility index (Phi) is 7.89. The van der Waals surface area contributed by atoms with Crippen LogP contribution in [0.15, 0.2) is 49.1 Å². The Balaban J connectivity index is 0.000000263. The summed E-state index contributed by atoms with van der Waals surface area (Å²) >= 11 is 0. The van der Waals surface area contributed by atoms with Gasteiger partial charge in [0.1, 0.15) is 0 Å². The smallest absolute Gasteiger partial charge is 0.249 e. The average Bonchev–Trinajstić information content (AvgIpc) is 2.63. The molecule has 5 N–H and O–H groups in total. The number of allylic oxidation sites excluding steroid dienone is 1. The summed E-state index contributed by atoms with van der Waals surface area (Å²) < 4.78 is 5.17. The highest BCUT2D eigenvalue weighted by Gasteiger charge is 2.11. The zero-order chi connectivity index (χ0) is 19.7. The summed E-state index contributed by atoms with van der Waals surface area (Å²) in [6, 6.07) is 9.74. The van der Waals surface area contributed by atoms with Crippen LogP contribution in [0.2, 0.25) is 0 Å². The number of hydrogen-bond acceptors (Lipinski definition) is 4. The molecule has 6 nitrogen and oxygen atoms in total. The van der Waals surface area contributed by atoms with E-state index in [0.717, 1.165) is 24.0 Å². The molecule has 0 saturated carbocycles. The largest absolute Gasteiger partial charge is 0.504 e. The van der Waals surface area contributed by atoms with Crippen molar-refractivity contribution in [1.29, 1.82) is 0 Å². The van der Waals surface area contributed by atoms with E-state index in [9.17, 15) is 14.7 Å². The van der Waals surface area contributed by atoms with E-state index in [2.05, 4.69) is 6.58 Å². The lowest BCUT2D eigenvalue weighted by Gasteiger charge is -2.12. The predicted molar refractivity (Wildman–Crippen MR) is 101 cm³/mol. The molecule has 0 bridgehead atoms. The molecule has 2 aromatic rings. The molecule has 0 aliphatic rings. The maximum atomic E-state index is 10.7. The van der Waals surface area contributed by atoms with E-state index in [1.54, 1.807) is 25.3 Å². The summed E-state index contributed by atoms with van der Waals surface area (Å²) in [5.41, 5.74) is 12.6. The highest BCUT2D eigenvalue weighted by molar-refractivity contribution is 6.06. The molecule has 2 amide bonds. The van der Waals surface area contributed by atoms with Crippen molar-refractivity contribution in [3.8, 4) is 11.5 Å². The highest BCUT2D eigenvalue weighted by atomic mass is 16.5. The van der Waals surface area contributed by atoms with Gasteiger partial charge < -0.3 is 21.3 Å². The van der Waals surface area contributed by atoms with Crippen molar-refractivity contribution in [2.24, 2.45) is 11.5 Å². The van der Waals surface area contributed by atoms with Gasteiger partial charge in [-0.25, -0.2) is 0 Å². The minimum Gasteiger partial charge on any atom is -0.504 e. The maximum Gasteiger partial charge on any atom is 0.249 e. The maximum absolute atomic E-state index is 10.7. The number of methoxy groups -OCH3 is 1.